The van der Waals surface area contributed by atoms with Gasteiger partial charge in [-0.25, -0.2) is 0 Å². The Kier molecular flexibility index (Phi) is 5.29. The number of hydrogen-bond donors (Lipinski definition) is 2. The summed E-state index contributed by atoms with van der Waals surface area (Å²) in [5.74, 6) is 0. The van der Waals surface area contributed by atoms with Gasteiger partial charge in [0.15, 0.2) is 0 Å². The molecule has 0 radical (unpaired) electrons. The predicted molar refractivity (Wildman–Crippen MR) is 94.1 cm³/mol. The number of piperazine rings is 1. The summed E-state index contributed by atoms with van der Waals surface area (Å²) in [5, 5.41) is 0. The van der Waals surface area contributed by atoms with Crippen molar-refractivity contribution in [2.24, 2.45) is 0 Å². The summed E-state index contributed by atoms with van der Waals surface area (Å²) >= 11 is 3.67. The molecule has 1 fully saturated rings. The fraction of sp³-hybridized carbons (Fsp3) is 0.368. The van der Waals surface area contributed by atoms with Crippen LogP contribution in [0.15, 0.2) is 53.0 Å². The highest BCUT2D eigenvalue weighted by atomic mass is 79.9. The Hall–Kier alpha value is -1.16. The molecule has 1 aliphatic heterocycles. The van der Waals surface area contributed by atoms with Crippen LogP contribution in [0.5, 0.6) is 0 Å². The van der Waals surface area contributed by atoms with Crippen molar-refractivity contribution in [1.29, 1.82) is 0 Å². The highest BCUT2D eigenvalue weighted by Crippen LogP contribution is 2.14. The third-order valence-corrected chi connectivity index (χ3v) is 5.37. The number of rotatable bonds is 4. The summed E-state index contributed by atoms with van der Waals surface area (Å²) in [4.78, 5) is 3.43. The van der Waals surface area contributed by atoms with E-state index in [1.54, 1.807) is 9.80 Å². The van der Waals surface area contributed by atoms with Crippen LogP contribution < -0.4 is 9.80 Å². The Balaban J connectivity index is 1.51. The Morgan fingerprint density at radius 1 is 0.864 bits per heavy atom. The molecule has 2 aromatic carbocycles. The number of aryl methyl sites for hydroxylation is 1. The van der Waals surface area contributed by atoms with Gasteiger partial charge in [0.1, 0.15) is 39.3 Å². The standard InChI is InChI=1S/C19H23BrN2/c1-16-5-4-6-17(13-16)14-21-9-11-22(12-10-21)15-18-7-2-3-8-19(18)20/h2-8,13H,9-12,14-15H2,1H3/p+2. The fourth-order valence-corrected chi connectivity index (χ4v) is 3.76. The number of hydrogen-bond acceptors (Lipinski definition) is 0. The van der Waals surface area contributed by atoms with Gasteiger partial charge in [0.2, 0.25) is 0 Å². The van der Waals surface area contributed by atoms with Crippen molar-refractivity contribution >= 4 is 15.9 Å². The maximum atomic E-state index is 3.67. The zero-order chi connectivity index (χ0) is 15.4. The minimum Gasteiger partial charge on any atom is -0.322 e. The lowest BCUT2D eigenvalue weighted by atomic mass is 10.1. The molecule has 2 nitrogen and oxygen atoms in total. The molecular weight excluding hydrogens is 336 g/mol. The molecular formula is C19H25BrN2+2. The molecule has 0 aromatic heterocycles. The molecule has 0 bridgehead atoms. The van der Waals surface area contributed by atoms with E-state index in [4.69, 9.17) is 0 Å². The van der Waals surface area contributed by atoms with E-state index in [0.29, 0.717) is 0 Å². The van der Waals surface area contributed by atoms with Gasteiger partial charge in [-0.05, 0) is 13.0 Å². The monoisotopic (exact) mass is 360 g/mol. The van der Waals surface area contributed by atoms with Gasteiger partial charge in [-0.15, -0.1) is 0 Å². The number of benzene rings is 2. The molecule has 3 rings (SSSR count). The first-order chi connectivity index (χ1) is 10.7. The summed E-state index contributed by atoms with van der Waals surface area (Å²) in [6.07, 6.45) is 0. The molecule has 0 saturated carbocycles. The second-order valence-corrected chi connectivity index (χ2v) is 7.29. The molecule has 1 saturated heterocycles. The van der Waals surface area contributed by atoms with Crippen LogP contribution in [0.2, 0.25) is 0 Å². The largest absolute Gasteiger partial charge is 0.322 e. The van der Waals surface area contributed by atoms with E-state index in [2.05, 4.69) is 71.4 Å². The second-order valence-electron chi connectivity index (χ2n) is 6.43. The van der Waals surface area contributed by atoms with E-state index in [0.717, 1.165) is 6.54 Å². The summed E-state index contributed by atoms with van der Waals surface area (Å²) in [6.45, 7) is 9.56. The van der Waals surface area contributed by atoms with Crippen molar-refractivity contribution in [3.63, 3.8) is 0 Å². The van der Waals surface area contributed by atoms with Crippen LogP contribution in [0.3, 0.4) is 0 Å². The lowest BCUT2D eigenvalue weighted by Crippen LogP contribution is -3.27. The highest BCUT2D eigenvalue weighted by Gasteiger charge is 2.23. The summed E-state index contributed by atoms with van der Waals surface area (Å²) in [7, 11) is 0. The zero-order valence-corrected chi connectivity index (χ0v) is 14.8. The lowest BCUT2D eigenvalue weighted by molar-refractivity contribution is -1.02. The Morgan fingerprint density at radius 2 is 1.55 bits per heavy atom. The molecule has 2 aromatic rings. The minimum atomic E-state index is 1.14. The first-order valence-corrected chi connectivity index (χ1v) is 8.96. The summed E-state index contributed by atoms with van der Waals surface area (Å²) < 4.78 is 1.25. The van der Waals surface area contributed by atoms with E-state index in [9.17, 15) is 0 Å². The topological polar surface area (TPSA) is 8.88 Å². The van der Waals surface area contributed by atoms with E-state index in [1.165, 1.54) is 53.9 Å². The summed E-state index contributed by atoms with van der Waals surface area (Å²) in [5.41, 5.74) is 4.28. The van der Waals surface area contributed by atoms with Crippen molar-refractivity contribution in [3.05, 3.63) is 69.7 Å². The van der Waals surface area contributed by atoms with Gasteiger partial charge in [0.25, 0.3) is 0 Å². The van der Waals surface area contributed by atoms with Crippen LogP contribution in [0.25, 0.3) is 0 Å². The Morgan fingerprint density at radius 3 is 2.23 bits per heavy atom. The molecule has 22 heavy (non-hydrogen) atoms. The minimum absolute atomic E-state index is 1.14. The Labute approximate surface area is 141 Å². The van der Waals surface area contributed by atoms with Crippen LogP contribution in [0.4, 0.5) is 0 Å². The zero-order valence-electron chi connectivity index (χ0n) is 13.2. The molecule has 1 heterocycles. The third-order valence-electron chi connectivity index (χ3n) is 4.60. The van der Waals surface area contributed by atoms with Gasteiger partial charge in [0.05, 0.1) is 0 Å². The van der Waals surface area contributed by atoms with Crippen LogP contribution in [0, 0.1) is 6.92 Å². The van der Waals surface area contributed by atoms with Crippen LogP contribution in [-0.2, 0) is 13.1 Å². The normalized spacial score (nSPS) is 21.7. The SMILES string of the molecule is Cc1cccc(C[NH+]2CC[NH+](Cc3ccccc3Br)CC2)c1. The average Bonchev–Trinajstić information content (AvgIpc) is 2.52. The maximum Gasteiger partial charge on any atom is 0.127 e. The average molecular weight is 361 g/mol. The van der Waals surface area contributed by atoms with Gasteiger partial charge < -0.3 is 9.80 Å². The molecule has 0 unspecified atom stereocenters. The molecule has 116 valence electrons. The molecule has 1 aliphatic rings. The second kappa shape index (κ2) is 7.40. The fourth-order valence-electron chi connectivity index (χ4n) is 3.33. The third kappa shape index (κ3) is 4.19. The van der Waals surface area contributed by atoms with E-state index < -0.39 is 0 Å². The lowest BCUT2D eigenvalue weighted by Gasteiger charge is -2.30. The number of halogens is 1. The summed E-state index contributed by atoms with van der Waals surface area (Å²) in [6, 6.07) is 17.6. The van der Waals surface area contributed by atoms with Crippen molar-refractivity contribution in [3.8, 4) is 0 Å². The Bertz CT molecular complexity index is 618. The number of quaternary nitrogens is 2. The van der Waals surface area contributed by atoms with Crippen LogP contribution >= 0.6 is 15.9 Å². The first kappa shape index (κ1) is 15.7. The van der Waals surface area contributed by atoms with Gasteiger partial charge in [0, 0.05) is 15.6 Å². The van der Waals surface area contributed by atoms with Gasteiger partial charge in [-0.2, -0.15) is 0 Å². The van der Waals surface area contributed by atoms with Gasteiger partial charge >= 0.3 is 0 Å². The predicted octanol–water partition coefficient (Wildman–Crippen LogP) is 1.24. The van der Waals surface area contributed by atoms with Crippen LogP contribution in [-0.4, -0.2) is 26.2 Å². The highest BCUT2D eigenvalue weighted by molar-refractivity contribution is 9.10. The quantitative estimate of drug-likeness (QED) is 0.811. The van der Waals surface area contributed by atoms with Gasteiger partial charge in [-0.3, -0.25) is 0 Å². The van der Waals surface area contributed by atoms with Gasteiger partial charge in [-0.1, -0.05) is 64.0 Å². The molecule has 0 atom stereocenters. The molecule has 2 N–H and O–H groups in total. The molecule has 0 amide bonds. The first-order valence-electron chi connectivity index (χ1n) is 8.17. The van der Waals surface area contributed by atoms with E-state index >= 15 is 0 Å². The molecule has 3 heteroatoms. The van der Waals surface area contributed by atoms with Crippen molar-refractivity contribution in [2.45, 2.75) is 20.0 Å². The van der Waals surface area contributed by atoms with Crippen molar-refractivity contribution < 1.29 is 9.80 Å². The van der Waals surface area contributed by atoms with E-state index in [-0.39, 0.29) is 0 Å². The number of nitrogens with one attached hydrogen (secondary N) is 2. The van der Waals surface area contributed by atoms with Crippen molar-refractivity contribution in [1.82, 2.24) is 0 Å². The van der Waals surface area contributed by atoms with Crippen LogP contribution in [0.1, 0.15) is 16.7 Å². The maximum absolute atomic E-state index is 3.67. The van der Waals surface area contributed by atoms with Crippen molar-refractivity contribution in [2.75, 3.05) is 26.2 Å². The molecule has 0 aliphatic carbocycles. The smallest absolute Gasteiger partial charge is 0.127 e. The molecule has 0 spiro atoms. The van der Waals surface area contributed by atoms with E-state index in [1.807, 2.05) is 0 Å².